The molecular weight excluding hydrogens is 324 g/mol. The smallest absolute Gasteiger partial charge is 0.0459 e. The minimum atomic E-state index is 0.987. The first-order chi connectivity index (χ1) is 10.2. The van der Waals surface area contributed by atoms with Crippen molar-refractivity contribution in [3.8, 4) is 0 Å². The lowest BCUT2D eigenvalue weighted by Crippen LogP contribution is -2.29. The van der Waals surface area contributed by atoms with Crippen LogP contribution in [0, 0.1) is 6.92 Å². The maximum absolute atomic E-state index is 3.59. The summed E-state index contributed by atoms with van der Waals surface area (Å²) in [6, 6.07) is 15.3. The van der Waals surface area contributed by atoms with E-state index in [1.807, 2.05) is 0 Å². The molecule has 3 heteroatoms. The van der Waals surface area contributed by atoms with Crippen molar-refractivity contribution in [1.82, 2.24) is 4.98 Å². The number of rotatable bonds is 1. The van der Waals surface area contributed by atoms with E-state index in [2.05, 4.69) is 75.2 Å². The summed E-state index contributed by atoms with van der Waals surface area (Å²) in [4.78, 5) is 6.05. The van der Waals surface area contributed by atoms with Crippen molar-refractivity contribution in [1.29, 1.82) is 0 Å². The van der Waals surface area contributed by atoms with Gasteiger partial charge in [-0.05, 0) is 43.3 Å². The van der Waals surface area contributed by atoms with Crippen LogP contribution < -0.4 is 4.90 Å². The molecule has 1 N–H and O–H groups in total. The molecule has 0 fully saturated rings. The van der Waals surface area contributed by atoms with Crippen LogP contribution in [0.25, 0.3) is 10.9 Å². The number of halogens is 1. The Morgan fingerprint density at radius 2 is 1.90 bits per heavy atom. The molecule has 0 spiro atoms. The van der Waals surface area contributed by atoms with E-state index in [-0.39, 0.29) is 0 Å². The molecule has 2 aromatic carbocycles. The molecule has 0 radical (unpaired) electrons. The predicted octanol–water partition coefficient (Wildman–Crippen LogP) is 4.80. The van der Waals surface area contributed by atoms with E-state index >= 15 is 0 Å². The van der Waals surface area contributed by atoms with E-state index in [0.29, 0.717) is 0 Å². The van der Waals surface area contributed by atoms with E-state index in [9.17, 15) is 0 Å². The second-order valence-corrected chi connectivity index (χ2v) is 6.69. The zero-order valence-corrected chi connectivity index (χ0v) is 13.6. The van der Waals surface area contributed by atoms with Gasteiger partial charge in [-0.25, -0.2) is 0 Å². The predicted molar refractivity (Wildman–Crippen MR) is 91.9 cm³/mol. The summed E-state index contributed by atoms with van der Waals surface area (Å²) >= 11 is 3.51. The molecule has 2 heterocycles. The zero-order valence-electron chi connectivity index (χ0n) is 12.0. The molecule has 4 rings (SSSR count). The summed E-state index contributed by atoms with van der Waals surface area (Å²) in [5.74, 6) is 0. The third-order valence-electron chi connectivity index (χ3n) is 4.32. The van der Waals surface area contributed by atoms with E-state index < -0.39 is 0 Å². The second kappa shape index (κ2) is 4.92. The number of H-pyrrole nitrogens is 1. The lowest BCUT2D eigenvalue weighted by molar-refractivity contribution is 0.726. The fourth-order valence-corrected chi connectivity index (χ4v) is 3.46. The fraction of sp³-hybridized carbons (Fsp3) is 0.222. The molecule has 0 saturated carbocycles. The highest BCUT2D eigenvalue weighted by atomic mass is 79.9. The molecule has 3 aromatic rings. The Balaban J connectivity index is 1.75. The zero-order chi connectivity index (χ0) is 14.4. The van der Waals surface area contributed by atoms with Crippen LogP contribution in [0.1, 0.15) is 16.8 Å². The monoisotopic (exact) mass is 340 g/mol. The number of nitrogens with one attached hydrogen (secondary N) is 1. The van der Waals surface area contributed by atoms with Crippen LogP contribution in [0.4, 0.5) is 5.69 Å². The first kappa shape index (κ1) is 13.0. The largest absolute Gasteiger partial charge is 0.367 e. The summed E-state index contributed by atoms with van der Waals surface area (Å²) in [7, 11) is 0. The molecule has 0 saturated heterocycles. The van der Waals surface area contributed by atoms with Gasteiger partial charge < -0.3 is 9.88 Å². The second-order valence-electron chi connectivity index (χ2n) is 5.78. The summed E-state index contributed by atoms with van der Waals surface area (Å²) in [5, 5.41) is 1.38. The number of nitrogens with zero attached hydrogens (tertiary/aromatic N) is 1. The first-order valence-corrected chi connectivity index (χ1v) is 8.10. The summed E-state index contributed by atoms with van der Waals surface area (Å²) < 4.78 is 1.13. The topological polar surface area (TPSA) is 19.0 Å². The van der Waals surface area contributed by atoms with Crippen molar-refractivity contribution in [2.45, 2.75) is 19.9 Å². The minimum Gasteiger partial charge on any atom is -0.367 e. The summed E-state index contributed by atoms with van der Waals surface area (Å²) in [6.07, 6.45) is 1.08. The average Bonchev–Trinajstić information content (AvgIpc) is 2.85. The third kappa shape index (κ3) is 2.26. The number of aromatic amines is 1. The van der Waals surface area contributed by atoms with Crippen molar-refractivity contribution in [3.63, 3.8) is 0 Å². The van der Waals surface area contributed by atoms with E-state index in [1.54, 1.807) is 0 Å². The van der Waals surface area contributed by atoms with Crippen molar-refractivity contribution in [2.75, 3.05) is 11.4 Å². The van der Waals surface area contributed by atoms with Crippen molar-refractivity contribution < 1.29 is 0 Å². The Hall–Kier alpha value is -1.74. The van der Waals surface area contributed by atoms with Crippen molar-refractivity contribution >= 4 is 32.5 Å². The van der Waals surface area contributed by atoms with Gasteiger partial charge >= 0.3 is 0 Å². The molecule has 21 heavy (non-hydrogen) atoms. The van der Waals surface area contributed by atoms with Gasteiger partial charge in [-0.15, -0.1) is 0 Å². The van der Waals surface area contributed by atoms with Gasteiger partial charge in [-0.3, -0.25) is 0 Å². The van der Waals surface area contributed by atoms with E-state index in [0.717, 1.165) is 24.0 Å². The van der Waals surface area contributed by atoms with Gasteiger partial charge in [-0.1, -0.05) is 27.6 Å². The summed E-state index contributed by atoms with van der Waals surface area (Å²) in [6.45, 7) is 4.22. The van der Waals surface area contributed by atoms with E-state index in [1.165, 1.54) is 33.4 Å². The van der Waals surface area contributed by atoms with Crippen LogP contribution >= 0.6 is 15.9 Å². The standard InChI is InChI=1S/C18H17BrN2/c1-12-2-7-17-15(10-12)16-11-21(9-8-18(16)20-17)14-5-3-13(19)4-6-14/h2-7,10,20H,8-9,11H2,1H3. The molecule has 0 amide bonds. The maximum Gasteiger partial charge on any atom is 0.0459 e. The minimum absolute atomic E-state index is 0.987. The Morgan fingerprint density at radius 1 is 1.10 bits per heavy atom. The maximum atomic E-state index is 3.59. The Morgan fingerprint density at radius 3 is 2.71 bits per heavy atom. The molecular formula is C18H17BrN2. The van der Waals surface area contributed by atoms with Gasteiger partial charge in [0.1, 0.15) is 0 Å². The lowest BCUT2D eigenvalue weighted by atomic mass is 10.0. The Labute approximate surface area is 132 Å². The molecule has 1 aromatic heterocycles. The molecule has 1 aliphatic heterocycles. The fourth-order valence-electron chi connectivity index (χ4n) is 3.20. The van der Waals surface area contributed by atoms with Crippen molar-refractivity contribution in [3.05, 3.63) is 63.8 Å². The molecule has 106 valence electrons. The number of aryl methyl sites for hydroxylation is 1. The van der Waals surface area contributed by atoms with Crippen molar-refractivity contribution in [2.24, 2.45) is 0 Å². The molecule has 2 nitrogen and oxygen atoms in total. The lowest BCUT2D eigenvalue weighted by Gasteiger charge is -2.29. The number of anilines is 1. The third-order valence-corrected chi connectivity index (χ3v) is 4.85. The molecule has 1 aliphatic rings. The van der Waals surface area contributed by atoms with Crippen LogP contribution in [0.3, 0.4) is 0 Å². The number of benzene rings is 2. The van der Waals surface area contributed by atoms with Gasteiger partial charge in [0.2, 0.25) is 0 Å². The molecule has 0 bridgehead atoms. The molecule has 0 unspecified atom stereocenters. The van der Waals surface area contributed by atoms with Crippen LogP contribution in [0.15, 0.2) is 46.9 Å². The number of fused-ring (bicyclic) bond motifs is 3. The highest BCUT2D eigenvalue weighted by Gasteiger charge is 2.20. The van der Waals surface area contributed by atoms with Gasteiger partial charge in [0, 0.05) is 51.8 Å². The molecule has 0 aliphatic carbocycles. The van der Waals surface area contributed by atoms with Crippen LogP contribution in [-0.2, 0) is 13.0 Å². The normalized spacial score (nSPS) is 14.5. The first-order valence-electron chi connectivity index (χ1n) is 7.31. The van der Waals surface area contributed by atoms with Crippen LogP contribution in [0.2, 0.25) is 0 Å². The van der Waals surface area contributed by atoms with Gasteiger partial charge in [0.15, 0.2) is 0 Å². The van der Waals surface area contributed by atoms with Gasteiger partial charge in [0.25, 0.3) is 0 Å². The quantitative estimate of drug-likeness (QED) is 0.674. The Bertz CT molecular complexity index is 802. The highest BCUT2D eigenvalue weighted by molar-refractivity contribution is 9.10. The van der Waals surface area contributed by atoms with Crippen LogP contribution in [0.5, 0.6) is 0 Å². The van der Waals surface area contributed by atoms with Gasteiger partial charge in [-0.2, -0.15) is 0 Å². The van der Waals surface area contributed by atoms with Gasteiger partial charge in [0.05, 0.1) is 0 Å². The summed E-state index contributed by atoms with van der Waals surface area (Å²) in [5.41, 5.74) is 6.76. The average molecular weight is 341 g/mol. The molecule has 0 atom stereocenters. The Kier molecular flexibility index (Phi) is 3.03. The number of hydrogen-bond acceptors (Lipinski definition) is 1. The van der Waals surface area contributed by atoms with E-state index in [4.69, 9.17) is 0 Å². The highest BCUT2D eigenvalue weighted by Crippen LogP contribution is 2.31. The van der Waals surface area contributed by atoms with Crippen LogP contribution in [-0.4, -0.2) is 11.5 Å². The SMILES string of the molecule is Cc1ccc2[nH]c3c(c2c1)CN(c1ccc(Br)cc1)CC3. The number of hydrogen-bond donors (Lipinski definition) is 1. The number of aromatic nitrogens is 1.